The van der Waals surface area contributed by atoms with Crippen LogP contribution in [0.1, 0.15) is 12.6 Å². The highest BCUT2D eigenvalue weighted by molar-refractivity contribution is 5.96. The van der Waals surface area contributed by atoms with Gasteiger partial charge >= 0.3 is 0 Å². The Labute approximate surface area is 112 Å². The molecule has 1 aromatic carbocycles. The van der Waals surface area contributed by atoms with Gasteiger partial charge in [-0.15, -0.1) is 0 Å². The maximum Gasteiger partial charge on any atom is 0.188 e. The molecule has 1 heterocycles. The summed E-state index contributed by atoms with van der Waals surface area (Å²) in [6.45, 7) is 2.88. The summed E-state index contributed by atoms with van der Waals surface area (Å²) >= 11 is 0. The fraction of sp³-hybridized carbons (Fsp3) is 0.143. The van der Waals surface area contributed by atoms with Crippen molar-refractivity contribution >= 4 is 17.2 Å². The first kappa shape index (κ1) is 12.9. The predicted octanol–water partition coefficient (Wildman–Crippen LogP) is 2.33. The van der Waals surface area contributed by atoms with Crippen LogP contribution in [-0.2, 0) is 0 Å². The van der Waals surface area contributed by atoms with Crippen molar-refractivity contribution in [1.82, 2.24) is 4.98 Å². The summed E-state index contributed by atoms with van der Waals surface area (Å²) in [5.41, 5.74) is 8.05. The van der Waals surface area contributed by atoms with Crippen molar-refractivity contribution in [2.45, 2.75) is 6.92 Å². The van der Waals surface area contributed by atoms with Crippen molar-refractivity contribution in [2.24, 2.45) is 10.9 Å². The van der Waals surface area contributed by atoms with Gasteiger partial charge in [0, 0.05) is 24.1 Å². The van der Waals surface area contributed by atoms with Gasteiger partial charge in [-0.2, -0.15) is 0 Å². The number of hydrogen-bond acceptors (Lipinski definition) is 4. The molecule has 5 nitrogen and oxygen atoms in total. The van der Waals surface area contributed by atoms with Gasteiger partial charge in [0.2, 0.25) is 0 Å². The molecule has 5 heteroatoms. The molecule has 0 aliphatic rings. The molecule has 0 aliphatic heterocycles. The SMILES string of the molecule is CCN(c1ccccc1)c1ccnc(C(N)=NO)c1. The molecule has 0 amide bonds. The Morgan fingerprint density at radius 2 is 2.00 bits per heavy atom. The fourth-order valence-corrected chi connectivity index (χ4v) is 1.90. The van der Waals surface area contributed by atoms with E-state index >= 15 is 0 Å². The minimum Gasteiger partial charge on any atom is -0.409 e. The number of nitrogens with two attached hydrogens (primary N) is 1. The lowest BCUT2D eigenvalue weighted by Gasteiger charge is -2.23. The van der Waals surface area contributed by atoms with Crippen molar-refractivity contribution < 1.29 is 5.21 Å². The van der Waals surface area contributed by atoms with E-state index in [-0.39, 0.29) is 5.84 Å². The van der Waals surface area contributed by atoms with Crippen LogP contribution < -0.4 is 10.6 Å². The number of amidine groups is 1. The quantitative estimate of drug-likeness (QED) is 0.381. The minimum atomic E-state index is 0.00552. The fourth-order valence-electron chi connectivity index (χ4n) is 1.90. The van der Waals surface area contributed by atoms with Crippen LogP contribution >= 0.6 is 0 Å². The van der Waals surface area contributed by atoms with Crippen LogP contribution in [0.15, 0.2) is 53.8 Å². The van der Waals surface area contributed by atoms with E-state index in [2.05, 4.69) is 22.0 Å². The highest BCUT2D eigenvalue weighted by Crippen LogP contribution is 2.24. The van der Waals surface area contributed by atoms with E-state index in [1.807, 2.05) is 36.4 Å². The van der Waals surface area contributed by atoms with E-state index in [0.29, 0.717) is 5.69 Å². The summed E-state index contributed by atoms with van der Waals surface area (Å²) in [5, 5.41) is 11.7. The molecule has 3 N–H and O–H groups in total. The zero-order valence-electron chi connectivity index (χ0n) is 10.7. The maximum absolute atomic E-state index is 8.70. The lowest BCUT2D eigenvalue weighted by atomic mass is 10.2. The summed E-state index contributed by atoms with van der Waals surface area (Å²) < 4.78 is 0. The largest absolute Gasteiger partial charge is 0.409 e. The Kier molecular flexibility index (Phi) is 3.97. The van der Waals surface area contributed by atoms with Crippen LogP contribution in [0.2, 0.25) is 0 Å². The molecule has 0 radical (unpaired) electrons. The van der Waals surface area contributed by atoms with E-state index in [4.69, 9.17) is 10.9 Å². The van der Waals surface area contributed by atoms with Crippen LogP contribution in [-0.4, -0.2) is 22.6 Å². The lowest BCUT2D eigenvalue weighted by molar-refractivity contribution is 0.318. The molecule has 98 valence electrons. The third-order valence-corrected chi connectivity index (χ3v) is 2.81. The summed E-state index contributed by atoms with van der Waals surface area (Å²) in [6.07, 6.45) is 1.65. The Hall–Kier alpha value is -2.56. The Balaban J connectivity index is 2.39. The highest BCUT2D eigenvalue weighted by Gasteiger charge is 2.09. The Bertz CT molecular complexity index is 569. The number of pyridine rings is 1. The molecule has 0 saturated heterocycles. The molecule has 0 spiro atoms. The second-order valence-corrected chi connectivity index (χ2v) is 3.96. The summed E-state index contributed by atoms with van der Waals surface area (Å²) in [5.74, 6) is 0.00552. The van der Waals surface area contributed by atoms with Gasteiger partial charge in [0.25, 0.3) is 0 Å². The van der Waals surface area contributed by atoms with Crippen LogP contribution in [0.5, 0.6) is 0 Å². The van der Waals surface area contributed by atoms with E-state index in [9.17, 15) is 0 Å². The molecule has 0 bridgehead atoms. The first-order valence-corrected chi connectivity index (χ1v) is 6.02. The number of para-hydroxylation sites is 1. The van der Waals surface area contributed by atoms with Gasteiger partial charge in [-0.25, -0.2) is 0 Å². The average Bonchev–Trinajstić information content (AvgIpc) is 2.48. The molecular weight excluding hydrogens is 240 g/mol. The monoisotopic (exact) mass is 256 g/mol. The summed E-state index contributed by atoms with van der Waals surface area (Å²) in [7, 11) is 0. The van der Waals surface area contributed by atoms with E-state index in [1.165, 1.54) is 0 Å². The van der Waals surface area contributed by atoms with E-state index < -0.39 is 0 Å². The first-order chi connectivity index (χ1) is 9.26. The summed E-state index contributed by atoms with van der Waals surface area (Å²) in [6, 6.07) is 13.7. The first-order valence-electron chi connectivity index (χ1n) is 6.02. The summed E-state index contributed by atoms with van der Waals surface area (Å²) in [4.78, 5) is 6.20. The smallest absolute Gasteiger partial charge is 0.188 e. The second kappa shape index (κ2) is 5.86. The van der Waals surface area contributed by atoms with Crippen molar-refractivity contribution in [3.8, 4) is 0 Å². The number of aromatic nitrogens is 1. The normalized spacial score (nSPS) is 11.3. The minimum absolute atomic E-state index is 0.00552. The molecule has 0 atom stereocenters. The number of benzene rings is 1. The van der Waals surface area contributed by atoms with Crippen LogP contribution in [0.4, 0.5) is 11.4 Å². The average molecular weight is 256 g/mol. The Morgan fingerprint density at radius 1 is 1.26 bits per heavy atom. The number of hydrogen-bond donors (Lipinski definition) is 2. The Morgan fingerprint density at radius 3 is 2.63 bits per heavy atom. The maximum atomic E-state index is 8.70. The molecule has 0 fully saturated rings. The number of anilines is 2. The van der Waals surface area contributed by atoms with Gasteiger partial charge in [-0.3, -0.25) is 4.98 Å². The van der Waals surface area contributed by atoms with Gasteiger partial charge in [0.15, 0.2) is 5.84 Å². The third kappa shape index (κ3) is 2.82. The molecule has 19 heavy (non-hydrogen) atoms. The van der Waals surface area contributed by atoms with Crippen molar-refractivity contribution in [3.05, 3.63) is 54.4 Å². The lowest BCUT2D eigenvalue weighted by Crippen LogP contribution is -2.19. The van der Waals surface area contributed by atoms with Crippen LogP contribution in [0, 0.1) is 0 Å². The van der Waals surface area contributed by atoms with Crippen LogP contribution in [0.3, 0.4) is 0 Å². The second-order valence-electron chi connectivity index (χ2n) is 3.96. The van der Waals surface area contributed by atoms with Gasteiger partial charge in [0.1, 0.15) is 5.69 Å². The zero-order chi connectivity index (χ0) is 13.7. The number of oxime groups is 1. The number of nitrogens with zero attached hydrogens (tertiary/aromatic N) is 3. The van der Waals surface area contributed by atoms with Crippen molar-refractivity contribution in [3.63, 3.8) is 0 Å². The highest BCUT2D eigenvalue weighted by atomic mass is 16.4. The van der Waals surface area contributed by atoms with Gasteiger partial charge in [-0.1, -0.05) is 23.4 Å². The van der Waals surface area contributed by atoms with Crippen molar-refractivity contribution in [1.29, 1.82) is 0 Å². The van der Waals surface area contributed by atoms with E-state index in [0.717, 1.165) is 17.9 Å². The predicted molar refractivity (Wildman–Crippen MR) is 75.9 cm³/mol. The molecule has 1 aromatic heterocycles. The van der Waals surface area contributed by atoms with Gasteiger partial charge in [0.05, 0.1) is 0 Å². The molecule has 0 aliphatic carbocycles. The molecule has 2 aromatic rings. The van der Waals surface area contributed by atoms with Gasteiger partial charge < -0.3 is 15.8 Å². The van der Waals surface area contributed by atoms with Crippen LogP contribution in [0.25, 0.3) is 0 Å². The standard InChI is InChI=1S/C14H16N4O/c1-2-18(11-6-4-3-5-7-11)12-8-9-16-13(10-12)14(15)17-19/h3-10,19H,2H2,1H3,(H2,15,17). The third-order valence-electron chi connectivity index (χ3n) is 2.81. The molecule has 2 rings (SSSR count). The topological polar surface area (TPSA) is 74.7 Å². The molecule has 0 saturated carbocycles. The zero-order valence-corrected chi connectivity index (χ0v) is 10.7. The molecular formula is C14H16N4O. The van der Waals surface area contributed by atoms with Gasteiger partial charge in [-0.05, 0) is 31.2 Å². The van der Waals surface area contributed by atoms with Crippen molar-refractivity contribution in [2.75, 3.05) is 11.4 Å². The number of rotatable bonds is 4. The van der Waals surface area contributed by atoms with E-state index in [1.54, 1.807) is 12.3 Å². The molecule has 0 unspecified atom stereocenters.